The summed E-state index contributed by atoms with van der Waals surface area (Å²) in [4.78, 5) is 0. The number of benzene rings is 9. The lowest BCUT2D eigenvalue weighted by Gasteiger charge is -2.08. The van der Waals surface area contributed by atoms with Crippen LogP contribution in [0, 0.1) is 102 Å². The predicted octanol–water partition coefficient (Wildman–Crippen LogP) is 28.5. The molecule has 1 heteroatoms. The maximum Gasteiger partial charge on any atom is 0.121 e. The van der Waals surface area contributed by atoms with Gasteiger partial charge in [-0.15, -0.1) is 0 Å². The maximum absolute atomic E-state index is 5.20. The first-order chi connectivity index (χ1) is 47.3. The molecule has 9 aromatic carbocycles. The maximum atomic E-state index is 5.20. The number of hydrogen-bond donors (Lipinski definition) is 0. The summed E-state index contributed by atoms with van der Waals surface area (Å²) in [6, 6.07) is 80.4. The number of rotatable bonds is 20. The van der Waals surface area contributed by atoms with Crippen molar-refractivity contribution >= 4 is 0 Å². The molecule has 0 unspecified atom stereocenters. The quantitative estimate of drug-likeness (QED) is 0.0739. The molecule has 0 saturated carbocycles. The number of aryl methyl sites for hydroxylation is 8. The molecule has 100 heavy (non-hydrogen) atoms. The number of ether oxygens (including phenoxy) is 1. The van der Waals surface area contributed by atoms with Crippen molar-refractivity contribution in [3.8, 4) is 5.75 Å². The average molecular weight is 1350 g/mol. The number of methoxy groups -OCH3 is 1. The Morgan fingerprint density at radius 3 is 0.680 bits per heavy atom. The Morgan fingerprint density at radius 1 is 0.210 bits per heavy atom. The standard InChI is InChI=1S/C12H18O.7C11H16.C10H14/c1-9(2)7-11-5-6-12(13-4)10(3)8-11;5*1-9(2)8-11-6-4-10(3)5-7-11;1-9(2)7-11-6-4-5-10(3)8-11;1-10(2)8-9-11-6-4-3-5-7-11;1-9(2)8-10-6-4-3-5-7-10/h5-6,8-9H,7H2,1-4H3;5*4-7,9H,8H2,1-3H3;4-6,8-9H,7H2,1-3H3;3-7,10H,8-9H2,1-2H3;3-7,9H,8H2,1-2H3. The molecule has 0 aliphatic carbocycles. The second-order valence-corrected chi connectivity index (χ2v) is 31.9. The Balaban J connectivity index is 0.000000563. The lowest BCUT2D eigenvalue weighted by atomic mass is 10.0. The third-order valence-electron chi connectivity index (χ3n) is 16.0. The van der Waals surface area contributed by atoms with Crippen LogP contribution in [0.3, 0.4) is 0 Å². The molecule has 0 radical (unpaired) electrons. The van der Waals surface area contributed by atoms with Gasteiger partial charge in [0.15, 0.2) is 0 Å². The van der Waals surface area contributed by atoms with Gasteiger partial charge in [-0.3, -0.25) is 0 Å². The third kappa shape index (κ3) is 50.2. The third-order valence-corrected chi connectivity index (χ3v) is 16.0. The summed E-state index contributed by atoms with van der Waals surface area (Å²) >= 11 is 0. The summed E-state index contributed by atoms with van der Waals surface area (Å²) in [7, 11) is 1.71. The molecule has 0 bridgehead atoms. The van der Waals surface area contributed by atoms with Gasteiger partial charge < -0.3 is 4.74 Å². The Labute approximate surface area is 617 Å². The molecular formula is C99H144O. The van der Waals surface area contributed by atoms with Crippen molar-refractivity contribution < 1.29 is 4.74 Å². The zero-order valence-electron chi connectivity index (χ0n) is 68.5. The predicted molar refractivity (Wildman–Crippen MR) is 449 cm³/mol. The van der Waals surface area contributed by atoms with E-state index in [0.717, 1.165) is 59.5 Å². The van der Waals surface area contributed by atoms with Crippen LogP contribution in [0.4, 0.5) is 0 Å². The molecule has 0 saturated heterocycles. The first-order valence-electron chi connectivity index (χ1n) is 38.3. The van der Waals surface area contributed by atoms with Gasteiger partial charge in [0, 0.05) is 0 Å². The Bertz CT molecular complexity index is 3060. The zero-order valence-corrected chi connectivity index (χ0v) is 68.5. The highest BCUT2D eigenvalue weighted by molar-refractivity contribution is 5.36. The molecule has 0 aliphatic heterocycles. The summed E-state index contributed by atoms with van der Waals surface area (Å²) in [6.07, 6.45) is 12.0. The SMILES string of the molecule is CC(C)CCc1ccccc1.CC(C)Cc1ccccc1.COc1ccc(CC(C)C)cc1C.Cc1ccc(CC(C)C)cc1.Cc1ccc(CC(C)C)cc1.Cc1ccc(CC(C)C)cc1.Cc1ccc(CC(C)C)cc1.Cc1ccc(CC(C)C)cc1.Cc1cccc(CC(C)C)c1. The fraction of sp³-hybridized carbons (Fsp3) is 0.455. The first-order valence-corrected chi connectivity index (χ1v) is 38.3. The Hall–Kier alpha value is -7.22. The van der Waals surface area contributed by atoms with E-state index < -0.39 is 0 Å². The van der Waals surface area contributed by atoms with E-state index in [4.69, 9.17) is 4.74 Å². The van der Waals surface area contributed by atoms with Gasteiger partial charge in [0.2, 0.25) is 0 Å². The summed E-state index contributed by atoms with van der Waals surface area (Å²) in [5, 5.41) is 0. The molecular weight excluding hydrogens is 1210 g/mol. The van der Waals surface area contributed by atoms with Gasteiger partial charge >= 0.3 is 0 Å². The summed E-state index contributed by atoms with van der Waals surface area (Å²) in [5.74, 6) is 7.85. The van der Waals surface area contributed by atoms with Crippen LogP contribution in [0.1, 0.15) is 220 Å². The molecule has 9 rings (SSSR count). The van der Waals surface area contributed by atoms with Crippen LogP contribution in [-0.2, 0) is 57.8 Å². The van der Waals surface area contributed by atoms with Gasteiger partial charge in [0.1, 0.15) is 5.75 Å². The molecule has 1 nitrogen and oxygen atoms in total. The van der Waals surface area contributed by atoms with Gasteiger partial charge in [0.25, 0.3) is 0 Å². The van der Waals surface area contributed by atoms with E-state index in [9.17, 15) is 0 Å². The highest BCUT2D eigenvalue weighted by Crippen LogP contribution is 2.21. The van der Waals surface area contributed by atoms with Crippen LogP contribution in [0.5, 0.6) is 5.75 Å². The second-order valence-electron chi connectivity index (χ2n) is 31.9. The Morgan fingerprint density at radius 2 is 0.440 bits per heavy atom. The fourth-order valence-electron chi connectivity index (χ4n) is 11.0. The Kier molecular flexibility index (Phi) is 48.7. The zero-order chi connectivity index (χ0) is 75.0. The van der Waals surface area contributed by atoms with Gasteiger partial charge in [0.05, 0.1) is 7.11 Å². The monoisotopic (exact) mass is 1350 g/mol. The van der Waals surface area contributed by atoms with E-state index in [-0.39, 0.29) is 0 Å². The van der Waals surface area contributed by atoms with Gasteiger partial charge in [-0.25, -0.2) is 0 Å². The lowest BCUT2D eigenvalue weighted by molar-refractivity contribution is 0.411. The summed E-state index contributed by atoms with van der Waals surface area (Å²) < 4.78 is 5.20. The molecule has 0 atom stereocenters. The normalized spacial score (nSPS) is 10.5. The van der Waals surface area contributed by atoms with Crippen molar-refractivity contribution in [1.82, 2.24) is 0 Å². The van der Waals surface area contributed by atoms with Gasteiger partial charge in [-0.05, 0) is 228 Å². The van der Waals surface area contributed by atoms with E-state index in [2.05, 4.69) is 391 Å². The smallest absolute Gasteiger partial charge is 0.121 e. The molecule has 0 aliphatic rings. The van der Waals surface area contributed by atoms with Crippen LogP contribution >= 0.6 is 0 Å². The van der Waals surface area contributed by atoms with E-state index >= 15 is 0 Å². The van der Waals surface area contributed by atoms with Crippen molar-refractivity contribution in [1.29, 1.82) is 0 Å². The number of hydrogen-bond acceptors (Lipinski definition) is 1. The average Bonchev–Trinajstić information content (AvgIpc) is 0.925. The van der Waals surface area contributed by atoms with Crippen molar-refractivity contribution in [3.63, 3.8) is 0 Å². The minimum Gasteiger partial charge on any atom is -0.496 e. The molecule has 0 N–H and O–H groups in total. The van der Waals surface area contributed by atoms with Crippen molar-refractivity contribution in [2.75, 3.05) is 7.11 Å². The fourth-order valence-corrected chi connectivity index (χ4v) is 11.0. The van der Waals surface area contributed by atoms with E-state index in [0.29, 0.717) is 5.92 Å². The largest absolute Gasteiger partial charge is 0.496 e. The van der Waals surface area contributed by atoms with Crippen molar-refractivity contribution in [2.24, 2.45) is 53.3 Å². The highest BCUT2D eigenvalue weighted by Gasteiger charge is 2.04. The molecule has 0 amide bonds. The molecule has 0 spiro atoms. The molecule has 0 fully saturated rings. The van der Waals surface area contributed by atoms with Crippen LogP contribution < -0.4 is 4.74 Å². The van der Waals surface area contributed by atoms with E-state index in [1.165, 1.54) is 147 Å². The van der Waals surface area contributed by atoms with E-state index in [1.54, 1.807) is 7.11 Å². The minimum atomic E-state index is 0.716. The van der Waals surface area contributed by atoms with E-state index in [1.807, 2.05) is 6.07 Å². The lowest BCUT2D eigenvalue weighted by Crippen LogP contribution is -1.95. The minimum absolute atomic E-state index is 0.716. The second kappa shape index (κ2) is 53.6. The van der Waals surface area contributed by atoms with Crippen molar-refractivity contribution in [2.45, 2.75) is 237 Å². The van der Waals surface area contributed by atoms with Gasteiger partial charge in [-0.2, -0.15) is 0 Å². The van der Waals surface area contributed by atoms with Gasteiger partial charge in [-0.1, -0.05) is 376 Å². The topological polar surface area (TPSA) is 9.23 Å². The van der Waals surface area contributed by atoms with Crippen LogP contribution in [-0.4, -0.2) is 7.11 Å². The first kappa shape index (κ1) is 90.8. The summed E-state index contributed by atoms with van der Waals surface area (Å²) in [5.41, 5.74) is 22.3. The molecule has 0 aromatic heterocycles. The summed E-state index contributed by atoms with van der Waals surface area (Å²) in [6.45, 7) is 55.3. The van der Waals surface area contributed by atoms with Crippen molar-refractivity contribution in [3.05, 3.63) is 313 Å². The van der Waals surface area contributed by atoms with Crippen LogP contribution in [0.2, 0.25) is 0 Å². The molecule has 0 heterocycles. The van der Waals surface area contributed by atoms with Crippen LogP contribution in [0.25, 0.3) is 0 Å². The van der Waals surface area contributed by atoms with Crippen LogP contribution in [0.15, 0.2) is 224 Å². The molecule has 9 aromatic rings. The molecule has 546 valence electrons. The highest BCUT2D eigenvalue weighted by atomic mass is 16.5.